The number of aryl methyl sites for hydroxylation is 3. The molecule has 0 radical (unpaired) electrons. The molecule has 3 aromatic rings. The van der Waals surface area contributed by atoms with E-state index in [1.807, 2.05) is 0 Å². The van der Waals surface area contributed by atoms with Gasteiger partial charge in [0.1, 0.15) is 0 Å². The first-order valence-electron chi connectivity index (χ1n) is 7.46. The number of pyridine rings is 1. The molecule has 0 spiro atoms. The third kappa shape index (κ3) is 3.19. The summed E-state index contributed by atoms with van der Waals surface area (Å²) in [6.45, 7) is 3.53. The average Bonchev–Trinajstić information content (AvgIpc) is 2.80. The quantitative estimate of drug-likeness (QED) is 0.765. The number of benzene rings is 1. The van der Waals surface area contributed by atoms with E-state index in [9.17, 15) is 18.0 Å². The zero-order valence-corrected chi connectivity index (χ0v) is 13.8. The number of rotatable bonds is 2. The minimum Gasteiger partial charge on any atom is -0.322 e. The van der Waals surface area contributed by atoms with Crippen molar-refractivity contribution in [3.05, 3.63) is 52.8 Å². The molecule has 8 heteroatoms. The van der Waals surface area contributed by atoms with Crippen LogP contribution in [0, 0.1) is 13.8 Å². The van der Waals surface area contributed by atoms with E-state index in [1.165, 1.54) is 12.1 Å². The largest absolute Gasteiger partial charge is 0.416 e. The van der Waals surface area contributed by atoms with E-state index in [1.54, 1.807) is 31.6 Å². The lowest BCUT2D eigenvalue weighted by molar-refractivity contribution is -0.137. The molecular weight excluding hydrogens is 333 g/mol. The van der Waals surface area contributed by atoms with Gasteiger partial charge >= 0.3 is 6.18 Å². The molecule has 0 unspecified atom stereocenters. The lowest BCUT2D eigenvalue weighted by Gasteiger charge is -2.10. The summed E-state index contributed by atoms with van der Waals surface area (Å²) in [6, 6.07) is 5.94. The van der Waals surface area contributed by atoms with Gasteiger partial charge in [-0.3, -0.25) is 9.48 Å². The average molecular weight is 348 g/mol. The van der Waals surface area contributed by atoms with E-state index >= 15 is 0 Å². The molecule has 0 bridgehead atoms. The Morgan fingerprint density at radius 3 is 2.40 bits per heavy atom. The van der Waals surface area contributed by atoms with Gasteiger partial charge in [-0.05, 0) is 44.2 Å². The van der Waals surface area contributed by atoms with Gasteiger partial charge in [-0.15, -0.1) is 0 Å². The molecule has 1 amide bonds. The summed E-state index contributed by atoms with van der Waals surface area (Å²) in [4.78, 5) is 17.0. The van der Waals surface area contributed by atoms with Crippen LogP contribution in [0.3, 0.4) is 0 Å². The molecule has 5 nitrogen and oxygen atoms in total. The third-order valence-electron chi connectivity index (χ3n) is 3.81. The van der Waals surface area contributed by atoms with E-state index < -0.39 is 17.6 Å². The van der Waals surface area contributed by atoms with Crippen LogP contribution in [0.5, 0.6) is 0 Å². The maximum Gasteiger partial charge on any atom is 0.416 e. The summed E-state index contributed by atoms with van der Waals surface area (Å²) >= 11 is 0. The number of fused-ring (bicyclic) bond motifs is 1. The van der Waals surface area contributed by atoms with Gasteiger partial charge in [0.25, 0.3) is 5.91 Å². The number of nitrogens with one attached hydrogen (secondary N) is 1. The van der Waals surface area contributed by atoms with Crippen LogP contribution in [0.4, 0.5) is 18.9 Å². The number of halogens is 3. The Hall–Kier alpha value is -2.90. The zero-order valence-electron chi connectivity index (χ0n) is 13.8. The number of hydrogen-bond acceptors (Lipinski definition) is 3. The standard InChI is InChI=1S/C17H15F3N4O/c1-9-8-13(14-10(2)23-24(3)15(14)21-9)16(25)22-12-6-4-11(5-7-12)17(18,19)20/h4-8H,1-3H3,(H,22,25). The van der Waals surface area contributed by atoms with Crippen LogP contribution in [0.2, 0.25) is 0 Å². The summed E-state index contributed by atoms with van der Waals surface area (Å²) in [5.41, 5.74) is 1.77. The van der Waals surface area contributed by atoms with Crippen molar-refractivity contribution in [2.24, 2.45) is 7.05 Å². The Morgan fingerprint density at radius 1 is 1.16 bits per heavy atom. The van der Waals surface area contributed by atoms with Crippen LogP contribution in [-0.2, 0) is 13.2 Å². The second-order valence-corrected chi connectivity index (χ2v) is 5.75. The molecule has 0 saturated heterocycles. The maximum absolute atomic E-state index is 12.6. The molecule has 130 valence electrons. The Kier molecular flexibility index (Phi) is 3.98. The summed E-state index contributed by atoms with van der Waals surface area (Å²) in [6.07, 6.45) is -4.41. The molecule has 0 atom stereocenters. The third-order valence-corrected chi connectivity index (χ3v) is 3.81. The summed E-state index contributed by atoms with van der Waals surface area (Å²) in [5, 5.41) is 7.51. The number of aromatic nitrogens is 3. The number of alkyl halides is 3. The van der Waals surface area contributed by atoms with Crippen molar-refractivity contribution < 1.29 is 18.0 Å². The molecule has 0 aliphatic carbocycles. The van der Waals surface area contributed by atoms with Crippen LogP contribution in [0.25, 0.3) is 11.0 Å². The molecule has 0 aliphatic heterocycles. The van der Waals surface area contributed by atoms with Crippen molar-refractivity contribution in [1.82, 2.24) is 14.8 Å². The van der Waals surface area contributed by atoms with Crippen LogP contribution in [0.15, 0.2) is 30.3 Å². The van der Waals surface area contributed by atoms with Gasteiger partial charge in [-0.1, -0.05) is 0 Å². The summed E-state index contributed by atoms with van der Waals surface area (Å²) < 4.78 is 39.4. The van der Waals surface area contributed by atoms with Crippen LogP contribution < -0.4 is 5.32 Å². The molecule has 0 aliphatic rings. The summed E-state index contributed by atoms with van der Waals surface area (Å²) in [5.74, 6) is -0.425. The van der Waals surface area contributed by atoms with Gasteiger partial charge < -0.3 is 5.32 Å². The molecule has 1 aromatic carbocycles. The van der Waals surface area contributed by atoms with E-state index in [2.05, 4.69) is 15.4 Å². The number of hydrogen-bond donors (Lipinski definition) is 1. The Balaban J connectivity index is 1.95. The van der Waals surface area contributed by atoms with Gasteiger partial charge in [-0.2, -0.15) is 18.3 Å². The fourth-order valence-corrected chi connectivity index (χ4v) is 2.69. The normalized spacial score (nSPS) is 11.8. The SMILES string of the molecule is Cc1cc(C(=O)Nc2ccc(C(F)(F)F)cc2)c2c(C)nn(C)c2n1. The van der Waals surface area contributed by atoms with Crippen molar-refractivity contribution in [2.75, 3.05) is 5.32 Å². The van der Waals surface area contributed by atoms with Gasteiger partial charge in [-0.25, -0.2) is 4.98 Å². The minimum atomic E-state index is -4.41. The van der Waals surface area contributed by atoms with E-state index in [0.717, 1.165) is 12.1 Å². The van der Waals surface area contributed by atoms with Crippen LogP contribution in [0.1, 0.15) is 27.3 Å². The second kappa shape index (κ2) is 5.87. The minimum absolute atomic E-state index is 0.280. The Morgan fingerprint density at radius 2 is 1.80 bits per heavy atom. The van der Waals surface area contributed by atoms with E-state index in [0.29, 0.717) is 28.0 Å². The molecule has 3 rings (SSSR count). The van der Waals surface area contributed by atoms with Gasteiger partial charge in [0.15, 0.2) is 5.65 Å². The Bertz CT molecular complexity index is 959. The molecule has 25 heavy (non-hydrogen) atoms. The lowest BCUT2D eigenvalue weighted by atomic mass is 10.1. The first kappa shape index (κ1) is 16.9. The fourth-order valence-electron chi connectivity index (χ4n) is 2.69. The Labute approximate surface area is 141 Å². The van der Waals surface area contributed by atoms with Gasteiger partial charge in [0.2, 0.25) is 0 Å². The van der Waals surface area contributed by atoms with Gasteiger partial charge in [0.05, 0.1) is 22.2 Å². The zero-order chi connectivity index (χ0) is 18.4. The smallest absolute Gasteiger partial charge is 0.322 e. The fraction of sp³-hybridized carbons (Fsp3) is 0.235. The molecule has 2 aromatic heterocycles. The number of carbonyl (C=O) groups excluding carboxylic acids is 1. The molecule has 2 heterocycles. The number of carbonyl (C=O) groups is 1. The van der Waals surface area contributed by atoms with Gasteiger partial charge in [0, 0.05) is 18.4 Å². The van der Waals surface area contributed by atoms with Crippen molar-refractivity contribution in [1.29, 1.82) is 0 Å². The number of nitrogens with zero attached hydrogens (tertiary/aromatic N) is 3. The predicted molar refractivity (Wildman–Crippen MR) is 87.4 cm³/mol. The summed E-state index contributed by atoms with van der Waals surface area (Å²) in [7, 11) is 1.74. The maximum atomic E-state index is 12.6. The van der Waals surface area contributed by atoms with Crippen molar-refractivity contribution >= 4 is 22.6 Å². The van der Waals surface area contributed by atoms with Crippen LogP contribution >= 0.6 is 0 Å². The highest BCUT2D eigenvalue weighted by atomic mass is 19.4. The highest BCUT2D eigenvalue weighted by Crippen LogP contribution is 2.30. The highest BCUT2D eigenvalue weighted by molar-refractivity contribution is 6.12. The highest BCUT2D eigenvalue weighted by Gasteiger charge is 2.30. The van der Waals surface area contributed by atoms with Crippen molar-refractivity contribution in [3.63, 3.8) is 0 Å². The predicted octanol–water partition coefficient (Wildman–Crippen LogP) is 3.86. The molecule has 0 saturated carbocycles. The molecule has 0 fully saturated rings. The van der Waals surface area contributed by atoms with Crippen molar-refractivity contribution in [2.45, 2.75) is 20.0 Å². The second-order valence-electron chi connectivity index (χ2n) is 5.75. The number of amides is 1. The first-order valence-corrected chi connectivity index (χ1v) is 7.46. The lowest BCUT2D eigenvalue weighted by Crippen LogP contribution is -2.14. The number of anilines is 1. The van der Waals surface area contributed by atoms with Crippen molar-refractivity contribution in [3.8, 4) is 0 Å². The van der Waals surface area contributed by atoms with Crippen LogP contribution in [-0.4, -0.2) is 20.7 Å². The van der Waals surface area contributed by atoms with E-state index in [-0.39, 0.29) is 5.69 Å². The molecular formula is C17H15F3N4O. The first-order chi connectivity index (χ1) is 11.7. The monoisotopic (exact) mass is 348 g/mol. The molecule has 1 N–H and O–H groups in total. The van der Waals surface area contributed by atoms with E-state index in [4.69, 9.17) is 0 Å². The topological polar surface area (TPSA) is 59.8 Å².